The number of aromatic nitrogens is 1. The summed E-state index contributed by atoms with van der Waals surface area (Å²) in [6.45, 7) is 3.81. The van der Waals surface area contributed by atoms with E-state index in [9.17, 15) is 4.79 Å². The maximum Gasteiger partial charge on any atom is 0.255 e. The largest absolute Gasteiger partial charge is 0.483 e. The monoisotopic (exact) mass is 312 g/mol. The van der Waals surface area contributed by atoms with Crippen LogP contribution >= 0.6 is 11.6 Å². The van der Waals surface area contributed by atoms with Crippen LogP contribution in [0.3, 0.4) is 0 Å². The predicted octanol–water partition coefficient (Wildman–Crippen LogP) is 3.43. The highest BCUT2D eigenvalue weighted by Gasteiger charge is 2.28. The summed E-state index contributed by atoms with van der Waals surface area (Å²) >= 11 is 6.02. The molecule has 110 valence electrons. The maximum atomic E-state index is 12.2. The lowest BCUT2D eigenvalue weighted by Gasteiger charge is -2.31. The molecule has 2 aromatic rings. The first-order chi connectivity index (χ1) is 10.4. The lowest BCUT2D eigenvalue weighted by molar-refractivity contribution is 0.157. The molecule has 0 atom stereocenters. The van der Waals surface area contributed by atoms with Crippen LogP contribution in [0.4, 0.5) is 0 Å². The van der Waals surface area contributed by atoms with Gasteiger partial charge in [-0.3, -0.25) is 9.36 Å². The lowest BCUT2D eigenvalue weighted by Crippen LogP contribution is -2.32. The highest BCUT2D eigenvalue weighted by molar-refractivity contribution is 6.30. The molecule has 0 saturated carbocycles. The van der Waals surface area contributed by atoms with E-state index in [1.807, 2.05) is 19.9 Å². The van der Waals surface area contributed by atoms with Crippen molar-refractivity contribution in [2.24, 2.45) is 0 Å². The van der Waals surface area contributed by atoms with Crippen molar-refractivity contribution in [1.82, 2.24) is 4.57 Å². The molecule has 1 aliphatic rings. The Labute approximate surface area is 132 Å². The fourth-order valence-electron chi connectivity index (χ4n) is 2.46. The van der Waals surface area contributed by atoms with Crippen molar-refractivity contribution < 1.29 is 4.74 Å². The van der Waals surface area contributed by atoms with Gasteiger partial charge in [-0.15, -0.1) is 0 Å². The Bertz CT molecular complexity index is 888. The van der Waals surface area contributed by atoms with Gasteiger partial charge in [0, 0.05) is 17.8 Å². The SMILES string of the molecule is CC1(C)C=C(n2cc(Cl)ccc2=O)c2cc(C#N)ccc2O1. The number of fused-ring (bicyclic) bond motifs is 1. The molecular weight excluding hydrogens is 300 g/mol. The second-order valence-corrected chi connectivity index (χ2v) is 6.05. The lowest BCUT2D eigenvalue weighted by atomic mass is 9.97. The van der Waals surface area contributed by atoms with Gasteiger partial charge in [-0.05, 0) is 44.2 Å². The first kappa shape index (κ1) is 14.4. The summed E-state index contributed by atoms with van der Waals surface area (Å²) in [7, 11) is 0. The summed E-state index contributed by atoms with van der Waals surface area (Å²) in [6.07, 6.45) is 3.42. The molecule has 1 aromatic heterocycles. The van der Waals surface area contributed by atoms with Crippen LogP contribution in [0.2, 0.25) is 5.02 Å². The van der Waals surface area contributed by atoms with Crippen LogP contribution in [-0.4, -0.2) is 10.2 Å². The van der Waals surface area contributed by atoms with Crippen LogP contribution in [0.25, 0.3) is 5.70 Å². The van der Waals surface area contributed by atoms with Crippen molar-refractivity contribution >= 4 is 17.3 Å². The number of benzene rings is 1. The van der Waals surface area contributed by atoms with Gasteiger partial charge < -0.3 is 4.74 Å². The van der Waals surface area contributed by atoms with Crippen molar-refractivity contribution in [1.29, 1.82) is 5.26 Å². The van der Waals surface area contributed by atoms with Gasteiger partial charge in [-0.2, -0.15) is 5.26 Å². The standard InChI is InChI=1S/C17H13ClN2O2/c1-17(2)8-14(20-10-12(18)4-6-16(20)21)13-7-11(9-19)3-5-15(13)22-17/h3-8,10H,1-2H3. The number of nitriles is 1. The smallest absolute Gasteiger partial charge is 0.255 e. The Kier molecular flexibility index (Phi) is 3.31. The first-order valence-electron chi connectivity index (χ1n) is 6.75. The van der Waals surface area contributed by atoms with Crippen LogP contribution < -0.4 is 10.3 Å². The van der Waals surface area contributed by atoms with Gasteiger partial charge in [0.25, 0.3) is 5.56 Å². The molecule has 0 aliphatic carbocycles. The van der Waals surface area contributed by atoms with Gasteiger partial charge in [0.05, 0.1) is 22.4 Å². The summed E-state index contributed by atoms with van der Waals surface area (Å²) in [5, 5.41) is 9.56. The third-order valence-corrected chi connectivity index (χ3v) is 3.60. The van der Waals surface area contributed by atoms with Crippen LogP contribution in [0.5, 0.6) is 5.75 Å². The van der Waals surface area contributed by atoms with E-state index in [0.717, 1.165) is 0 Å². The number of hydrogen-bond acceptors (Lipinski definition) is 3. The van der Waals surface area contributed by atoms with Crippen molar-refractivity contribution in [3.63, 3.8) is 0 Å². The Morgan fingerprint density at radius 3 is 2.77 bits per heavy atom. The van der Waals surface area contributed by atoms with E-state index >= 15 is 0 Å². The molecule has 3 rings (SSSR count). The second-order valence-electron chi connectivity index (χ2n) is 5.61. The average molecular weight is 313 g/mol. The number of halogens is 1. The average Bonchev–Trinajstić information content (AvgIpc) is 2.47. The number of rotatable bonds is 1. The van der Waals surface area contributed by atoms with E-state index in [1.165, 1.54) is 10.6 Å². The molecule has 5 heteroatoms. The topological polar surface area (TPSA) is 55.0 Å². The molecule has 0 spiro atoms. The molecule has 22 heavy (non-hydrogen) atoms. The van der Waals surface area contributed by atoms with Gasteiger partial charge in [0.1, 0.15) is 11.4 Å². The number of hydrogen-bond donors (Lipinski definition) is 0. The molecule has 0 saturated heterocycles. The zero-order valence-electron chi connectivity index (χ0n) is 12.1. The third kappa shape index (κ3) is 2.51. The Balaban J connectivity index is 2.30. The van der Waals surface area contributed by atoms with Crippen LogP contribution in [0.15, 0.2) is 47.4 Å². The predicted molar refractivity (Wildman–Crippen MR) is 85.0 cm³/mol. The molecule has 0 radical (unpaired) electrons. The summed E-state index contributed by atoms with van der Waals surface area (Å²) < 4.78 is 7.39. The highest BCUT2D eigenvalue weighted by Crippen LogP contribution is 2.37. The van der Waals surface area contributed by atoms with Crippen molar-refractivity contribution in [3.05, 3.63) is 69.1 Å². The molecule has 0 fully saturated rings. The zero-order valence-corrected chi connectivity index (χ0v) is 12.9. The van der Waals surface area contributed by atoms with Gasteiger partial charge in [0.2, 0.25) is 0 Å². The molecule has 0 N–H and O–H groups in total. The minimum Gasteiger partial charge on any atom is -0.483 e. The normalized spacial score (nSPS) is 15.3. The van der Waals surface area contributed by atoms with Gasteiger partial charge in [0.15, 0.2) is 0 Å². The number of pyridine rings is 1. The van der Waals surface area contributed by atoms with E-state index in [0.29, 0.717) is 27.6 Å². The van der Waals surface area contributed by atoms with E-state index in [4.69, 9.17) is 21.6 Å². The maximum absolute atomic E-state index is 12.2. The van der Waals surface area contributed by atoms with E-state index in [1.54, 1.807) is 30.5 Å². The Morgan fingerprint density at radius 2 is 2.05 bits per heavy atom. The van der Waals surface area contributed by atoms with Crippen molar-refractivity contribution in [2.45, 2.75) is 19.4 Å². The summed E-state index contributed by atoms with van der Waals surface area (Å²) in [6, 6.07) is 10.2. The molecule has 1 aromatic carbocycles. The molecule has 1 aliphatic heterocycles. The molecule has 0 bridgehead atoms. The fourth-order valence-corrected chi connectivity index (χ4v) is 2.62. The zero-order chi connectivity index (χ0) is 15.9. The van der Waals surface area contributed by atoms with Crippen molar-refractivity contribution in [3.8, 4) is 11.8 Å². The van der Waals surface area contributed by atoms with Crippen molar-refractivity contribution in [2.75, 3.05) is 0 Å². The van der Waals surface area contributed by atoms with Crippen LogP contribution in [0.1, 0.15) is 25.0 Å². The molecule has 4 nitrogen and oxygen atoms in total. The van der Waals surface area contributed by atoms with Gasteiger partial charge >= 0.3 is 0 Å². The van der Waals surface area contributed by atoms with E-state index < -0.39 is 5.60 Å². The molecule has 0 amide bonds. The van der Waals surface area contributed by atoms with Gasteiger partial charge in [-0.1, -0.05) is 11.6 Å². The minimum absolute atomic E-state index is 0.193. The summed E-state index contributed by atoms with van der Waals surface area (Å²) in [5.41, 5.74) is 1.10. The van der Waals surface area contributed by atoms with E-state index in [2.05, 4.69) is 6.07 Å². The third-order valence-electron chi connectivity index (χ3n) is 3.38. The number of ether oxygens (including phenoxy) is 1. The van der Waals surface area contributed by atoms with E-state index in [-0.39, 0.29) is 5.56 Å². The first-order valence-corrected chi connectivity index (χ1v) is 7.12. The number of nitrogens with zero attached hydrogens (tertiary/aromatic N) is 2. The molecular formula is C17H13ClN2O2. The quantitative estimate of drug-likeness (QED) is 0.810. The van der Waals surface area contributed by atoms with Crippen LogP contribution in [0, 0.1) is 11.3 Å². The summed E-state index contributed by atoms with van der Waals surface area (Å²) in [4.78, 5) is 12.2. The van der Waals surface area contributed by atoms with Crippen LogP contribution in [-0.2, 0) is 0 Å². The Morgan fingerprint density at radius 1 is 1.27 bits per heavy atom. The highest BCUT2D eigenvalue weighted by atomic mass is 35.5. The Hall–Kier alpha value is -2.51. The molecule has 0 unspecified atom stereocenters. The van der Waals surface area contributed by atoms with Gasteiger partial charge in [-0.25, -0.2) is 0 Å². The minimum atomic E-state index is -0.571. The summed E-state index contributed by atoms with van der Waals surface area (Å²) in [5.74, 6) is 0.633. The molecule has 2 heterocycles. The second kappa shape index (κ2) is 5.04. The fraction of sp³-hybridized carbons (Fsp3) is 0.176.